The number of aromatic nitrogens is 2. The van der Waals surface area contributed by atoms with Gasteiger partial charge in [-0.25, -0.2) is 4.79 Å². The van der Waals surface area contributed by atoms with Gasteiger partial charge in [-0.2, -0.15) is 14.6 Å². The average Bonchev–Trinajstić information content (AvgIpc) is 3.75. The lowest BCUT2D eigenvalue weighted by Crippen LogP contribution is -2.71. The lowest BCUT2D eigenvalue weighted by Gasteiger charge is -2.49. The molecule has 0 saturated carbocycles. The number of halogens is 1. The standard InChI is InChI=1S/C43H36ClN7O6S2/c1-55-33-21-19-28(20-22-33)26-56-41(54)36-29(12-11-23-44)27-58-40-35(39(53)51(36)40)46-38(52)34(49-57-25-24-45)37-47-42(59-50-37)48-43(30-13-5-2-6-14-30,31-15-7-3-8-16-31)32-17-9-4-10-18-32/h2-22,35,40H,23,25-27H2,1H3,(H,46,52)(H,47,48,50)/b12-11-,49-34-/t35-,40+/m1/s1. The summed E-state index contributed by atoms with van der Waals surface area (Å²) in [6.07, 6.45) is 3.37. The van der Waals surface area contributed by atoms with Crippen molar-refractivity contribution in [2.45, 2.75) is 23.6 Å². The Morgan fingerprint density at radius 3 is 2.19 bits per heavy atom. The van der Waals surface area contributed by atoms with Gasteiger partial charge >= 0.3 is 5.97 Å². The van der Waals surface area contributed by atoms with E-state index in [1.54, 1.807) is 43.5 Å². The largest absolute Gasteiger partial charge is 0.497 e. The fourth-order valence-corrected chi connectivity index (χ4v) is 8.75. The smallest absolute Gasteiger partial charge is 0.355 e. The maximum absolute atomic E-state index is 14.0. The van der Waals surface area contributed by atoms with Crippen molar-refractivity contribution >= 4 is 63.5 Å². The van der Waals surface area contributed by atoms with Gasteiger partial charge in [-0.05, 0) is 40.0 Å². The number of amides is 2. The monoisotopic (exact) mass is 845 g/mol. The van der Waals surface area contributed by atoms with Crippen LogP contribution in [-0.4, -0.2) is 74.5 Å². The van der Waals surface area contributed by atoms with Crippen LogP contribution >= 0.6 is 34.9 Å². The van der Waals surface area contributed by atoms with E-state index in [4.69, 9.17) is 30.9 Å². The molecule has 2 aliphatic rings. The number of fused-ring (bicyclic) bond motifs is 1. The number of thioether (sulfide) groups is 1. The Balaban J connectivity index is 1.14. The maximum atomic E-state index is 14.0. The summed E-state index contributed by atoms with van der Waals surface area (Å²) in [5, 5.41) is 19.2. The van der Waals surface area contributed by atoms with Crippen molar-refractivity contribution in [3.63, 3.8) is 0 Å². The number of allylic oxidation sites excluding steroid dienone is 2. The number of nitriles is 1. The summed E-state index contributed by atoms with van der Waals surface area (Å²) in [4.78, 5) is 52.6. The van der Waals surface area contributed by atoms with Crippen molar-refractivity contribution in [3.8, 4) is 11.8 Å². The first-order valence-corrected chi connectivity index (χ1v) is 20.6. The van der Waals surface area contributed by atoms with Crippen molar-refractivity contribution in [1.29, 1.82) is 5.26 Å². The highest BCUT2D eigenvalue weighted by Crippen LogP contribution is 2.42. The van der Waals surface area contributed by atoms with Crippen LogP contribution in [0, 0.1) is 11.3 Å². The molecule has 59 heavy (non-hydrogen) atoms. The van der Waals surface area contributed by atoms with E-state index >= 15 is 0 Å². The first-order chi connectivity index (χ1) is 28.9. The molecule has 2 amide bonds. The molecule has 7 rings (SSSR count). The fraction of sp³-hybridized carbons (Fsp3) is 0.186. The normalized spacial score (nSPS) is 16.5. The Morgan fingerprint density at radius 1 is 0.983 bits per heavy atom. The molecule has 4 aromatic carbocycles. The molecule has 1 fully saturated rings. The SMILES string of the molecule is COc1ccc(COC(=O)C2=C(/C=C\CCl)CS[C@H]3[C@H](NC(=O)/C(=N\OCC#N)c4nsc(NC(c5ccccc5)(c5ccccc5)c5ccccc5)n4)C(=O)N23)cc1. The number of nitrogens with zero attached hydrogens (tertiary/aromatic N) is 5. The summed E-state index contributed by atoms with van der Waals surface area (Å²) in [7, 11) is 1.56. The highest BCUT2D eigenvalue weighted by atomic mass is 35.5. The Bertz CT molecular complexity index is 2330. The van der Waals surface area contributed by atoms with Crippen molar-refractivity contribution in [2.75, 3.05) is 30.7 Å². The van der Waals surface area contributed by atoms with Gasteiger partial charge in [0.25, 0.3) is 11.8 Å². The van der Waals surface area contributed by atoms with Gasteiger partial charge in [0.15, 0.2) is 0 Å². The van der Waals surface area contributed by atoms with E-state index in [2.05, 4.69) is 20.2 Å². The van der Waals surface area contributed by atoms with Crippen LogP contribution in [0.3, 0.4) is 0 Å². The van der Waals surface area contributed by atoms with Crippen molar-refractivity contribution in [1.82, 2.24) is 19.6 Å². The Hall–Kier alpha value is -6.47. The molecule has 0 unspecified atom stereocenters. The van der Waals surface area contributed by atoms with Crippen LogP contribution in [0.25, 0.3) is 0 Å². The molecule has 2 atom stereocenters. The minimum atomic E-state index is -1.05. The number of esters is 1. The number of ether oxygens (including phenoxy) is 2. The molecule has 0 bridgehead atoms. The van der Waals surface area contributed by atoms with Crippen molar-refractivity contribution < 1.29 is 28.7 Å². The zero-order chi connectivity index (χ0) is 41.2. The first kappa shape index (κ1) is 40.7. The number of hydrogen-bond acceptors (Lipinski definition) is 13. The summed E-state index contributed by atoms with van der Waals surface area (Å²) < 4.78 is 15.3. The number of alkyl halides is 1. The summed E-state index contributed by atoms with van der Waals surface area (Å²) >= 11 is 8.29. The van der Waals surface area contributed by atoms with E-state index in [0.717, 1.165) is 33.8 Å². The fourth-order valence-electron chi connectivity index (χ4n) is 6.72. The van der Waals surface area contributed by atoms with Crippen LogP contribution in [0.15, 0.2) is 144 Å². The van der Waals surface area contributed by atoms with Gasteiger partial charge in [-0.3, -0.25) is 14.5 Å². The maximum Gasteiger partial charge on any atom is 0.355 e. The molecule has 3 heterocycles. The van der Waals surface area contributed by atoms with Crippen LogP contribution in [0.1, 0.15) is 28.1 Å². The molecule has 5 aromatic rings. The lowest BCUT2D eigenvalue weighted by molar-refractivity contribution is -0.153. The highest BCUT2D eigenvalue weighted by Gasteiger charge is 2.54. The van der Waals surface area contributed by atoms with Gasteiger partial charge in [0, 0.05) is 23.2 Å². The molecule has 16 heteroatoms. The second-order valence-electron chi connectivity index (χ2n) is 13.0. The van der Waals surface area contributed by atoms with E-state index in [9.17, 15) is 19.6 Å². The van der Waals surface area contributed by atoms with Crippen LogP contribution in [0.5, 0.6) is 5.75 Å². The molecule has 298 valence electrons. The Labute approximate surface area is 353 Å². The third-order valence-corrected chi connectivity index (χ3v) is 11.6. The quantitative estimate of drug-likeness (QED) is 0.0215. The van der Waals surface area contributed by atoms with Crippen LogP contribution in [0.4, 0.5) is 5.13 Å². The summed E-state index contributed by atoms with van der Waals surface area (Å²) in [5.74, 6) is -0.947. The number of nitrogens with one attached hydrogen (secondary N) is 2. The zero-order valence-corrected chi connectivity index (χ0v) is 33.9. The molecule has 2 aliphatic heterocycles. The van der Waals surface area contributed by atoms with Gasteiger partial charge in [-0.15, -0.1) is 23.4 Å². The van der Waals surface area contributed by atoms with E-state index in [-0.39, 0.29) is 29.7 Å². The predicted octanol–water partition coefficient (Wildman–Crippen LogP) is 6.39. The molecule has 0 radical (unpaired) electrons. The van der Waals surface area contributed by atoms with Crippen LogP contribution < -0.4 is 15.4 Å². The number of hydrogen-bond donors (Lipinski definition) is 2. The van der Waals surface area contributed by atoms with E-state index in [1.807, 2.05) is 97.1 Å². The number of anilines is 1. The Kier molecular flexibility index (Phi) is 13.0. The molecule has 1 aromatic heterocycles. The number of benzene rings is 4. The van der Waals surface area contributed by atoms with Gasteiger partial charge in [0.05, 0.1) is 7.11 Å². The average molecular weight is 846 g/mol. The van der Waals surface area contributed by atoms with Gasteiger partial charge in [0.2, 0.25) is 23.3 Å². The molecule has 0 aliphatic carbocycles. The number of oxime groups is 1. The lowest BCUT2D eigenvalue weighted by atomic mass is 9.77. The number of carbonyl (C=O) groups is 3. The third kappa shape index (κ3) is 8.70. The summed E-state index contributed by atoms with van der Waals surface area (Å²) in [6.45, 7) is -0.493. The molecule has 2 N–H and O–H groups in total. The van der Waals surface area contributed by atoms with Gasteiger partial charge in [0.1, 0.15) is 41.1 Å². The first-order valence-electron chi connectivity index (χ1n) is 18.2. The van der Waals surface area contributed by atoms with Crippen molar-refractivity contribution in [3.05, 3.63) is 167 Å². The van der Waals surface area contributed by atoms with Gasteiger partial charge < -0.3 is 24.9 Å². The molecule has 13 nitrogen and oxygen atoms in total. The molecule has 0 spiro atoms. The molecular formula is C43H36ClN7O6S2. The Morgan fingerprint density at radius 2 is 1.61 bits per heavy atom. The van der Waals surface area contributed by atoms with Crippen molar-refractivity contribution in [2.24, 2.45) is 5.16 Å². The number of β-lactam (4-membered cyclic amide) rings is 1. The molecule has 1 saturated heterocycles. The topological polar surface area (TPSA) is 168 Å². The van der Waals surface area contributed by atoms with Gasteiger partial charge in [-0.1, -0.05) is 120 Å². The van der Waals surface area contributed by atoms with E-state index < -0.39 is 41.3 Å². The highest BCUT2D eigenvalue weighted by molar-refractivity contribution is 8.00. The number of carbonyl (C=O) groups excluding carboxylic acids is 3. The minimum absolute atomic E-state index is 0.0397. The summed E-state index contributed by atoms with van der Waals surface area (Å²) in [6, 6.07) is 37.5. The second-order valence-corrected chi connectivity index (χ2v) is 15.1. The van der Waals surface area contributed by atoms with Crippen LogP contribution in [0.2, 0.25) is 0 Å². The minimum Gasteiger partial charge on any atom is -0.497 e. The number of rotatable bonds is 16. The van der Waals surface area contributed by atoms with E-state index in [0.29, 0.717) is 22.2 Å². The second kappa shape index (κ2) is 18.9. The van der Waals surface area contributed by atoms with E-state index in [1.165, 1.54) is 16.7 Å². The van der Waals surface area contributed by atoms with Crippen LogP contribution in [-0.2, 0) is 36.1 Å². The predicted molar refractivity (Wildman–Crippen MR) is 226 cm³/mol. The third-order valence-electron chi connectivity index (χ3n) is 9.47. The zero-order valence-electron chi connectivity index (χ0n) is 31.5. The number of methoxy groups -OCH3 is 1. The molecular weight excluding hydrogens is 810 g/mol. The summed E-state index contributed by atoms with van der Waals surface area (Å²) in [5.41, 5.74) is 2.85.